The number of aromatic amines is 1. The number of nitrogens with zero attached hydrogens (tertiary/aromatic N) is 2. The summed E-state index contributed by atoms with van der Waals surface area (Å²) < 4.78 is 34.5. The summed E-state index contributed by atoms with van der Waals surface area (Å²) in [5.74, 6) is -0.456. The molecule has 12 heteroatoms. The quantitative estimate of drug-likeness (QED) is 0.0884. The number of ether oxygens (including phenoxy) is 1. The van der Waals surface area contributed by atoms with E-state index in [4.69, 9.17) is 9.84 Å². The summed E-state index contributed by atoms with van der Waals surface area (Å²) in [5, 5.41) is 27.1. The van der Waals surface area contributed by atoms with Crippen molar-refractivity contribution in [3.05, 3.63) is 89.8 Å². The minimum absolute atomic E-state index is 0.120. The number of benzene rings is 2. The number of rotatable bonds is 15. The lowest BCUT2D eigenvalue weighted by Gasteiger charge is -2.19. The molecular formula is C31H36F2N6O4. The van der Waals surface area contributed by atoms with Crippen LogP contribution in [0.2, 0.25) is 0 Å². The first kappa shape index (κ1) is 31.4. The van der Waals surface area contributed by atoms with Gasteiger partial charge in [0.1, 0.15) is 23.1 Å². The number of carbonyl (C=O) groups excluding carboxylic acids is 1. The number of hydrogen-bond acceptors (Lipinski definition) is 8. The highest BCUT2D eigenvalue weighted by atomic mass is 19.1. The van der Waals surface area contributed by atoms with Crippen LogP contribution in [0, 0.1) is 18.6 Å². The molecule has 0 aliphatic heterocycles. The Morgan fingerprint density at radius 1 is 1.05 bits per heavy atom. The van der Waals surface area contributed by atoms with Crippen LogP contribution in [-0.4, -0.2) is 77.0 Å². The van der Waals surface area contributed by atoms with Crippen LogP contribution < -0.4 is 20.7 Å². The van der Waals surface area contributed by atoms with Gasteiger partial charge in [0.25, 0.3) is 5.91 Å². The zero-order valence-electron chi connectivity index (χ0n) is 24.0. The molecule has 1 amide bonds. The average Bonchev–Trinajstić information content (AvgIpc) is 3.49. The predicted molar refractivity (Wildman–Crippen MR) is 161 cm³/mol. The topological polar surface area (TPSA) is 135 Å². The Morgan fingerprint density at radius 2 is 1.84 bits per heavy atom. The number of pyridine rings is 1. The number of aromatic nitrogens is 2. The van der Waals surface area contributed by atoms with E-state index in [1.807, 2.05) is 18.9 Å². The summed E-state index contributed by atoms with van der Waals surface area (Å²) in [6.07, 6.45) is 3.04. The molecule has 0 saturated heterocycles. The number of anilines is 2. The standard InChI is InChI=1S/C31H36F2N6O4/c1-20-4-6-25(32)28(12-20)38-19-37-27-7-5-23(14-26(27)33)43-24-8-10-34-30(15-24)29-13-21(16-36-29)31(42)35-9-3-11-39(2)17-22(41)18-40/h4-8,10,12-16,22,36-38,40-41H,3,9,11,17-19H2,1-2H3,(H,35,42). The van der Waals surface area contributed by atoms with E-state index in [0.717, 1.165) is 5.56 Å². The highest BCUT2D eigenvalue weighted by Gasteiger charge is 2.12. The first-order chi connectivity index (χ1) is 20.7. The second-order valence-corrected chi connectivity index (χ2v) is 10.1. The van der Waals surface area contributed by atoms with Gasteiger partial charge in [-0.1, -0.05) is 6.07 Å². The average molecular weight is 595 g/mol. The Balaban J connectivity index is 1.28. The molecule has 0 bridgehead atoms. The van der Waals surface area contributed by atoms with E-state index >= 15 is 0 Å². The molecule has 0 spiro atoms. The minimum atomic E-state index is -0.786. The number of H-pyrrole nitrogens is 1. The number of halogens is 2. The van der Waals surface area contributed by atoms with Crippen molar-refractivity contribution in [1.29, 1.82) is 0 Å². The normalized spacial score (nSPS) is 11.8. The number of aliphatic hydroxyl groups is 2. The van der Waals surface area contributed by atoms with Gasteiger partial charge in [0, 0.05) is 37.6 Å². The molecular weight excluding hydrogens is 558 g/mol. The molecule has 2 aromatic heterocycles. The molecule has 0 aliphatic rings. The molecule has 4 rings (SSSR count). The van der Waals surface area contributed by atoms with Crippen molar-refractivity contribution in [2.75, 3.05) is 50.6 Å². The molecule has 1 atom stereocenters. The number of carbonyl (C=O) groups is 1. The Bertz CT molecular complexity index is 1520. The maximum absolute atomic E-state index is 14.7. The van der Waals surface area contributed by atoms with Gasteiger partial charge in [-0.25, -0.2) is 8.78 Å². The smallest absolute Gasteiger partial charge is 0.252 e. The fourth-order valence-electron chi connectivity index (χ4n) is 4.31. The molecule has 0 aliphatic carbocycles. The maximum Gasteiger partial charge on any atom is 0.252 e. The Hall–Kier alpha value is -4.52. The number of hydrogen-bond donors (Lipinski definition) is 6. The van der Waals surface area contributed by atoms with Gasteiger partial charge < -0.3 is 40.8 Å². The van der Waals surface area contributed by atoms with Crippen LogP contribution >= 0.6 is 0 Å². The van der Waals surface area contributed by atoms with Crippen LogP contribution in [0.1, 0.15) is 22.3 Å². The molecule has 1 unspecified atom stereocenters. The van der Waals surface area contributed by atoms with Crippen LogP contribution in [0.5, 0.6) is 11.5 Å². The molecule has 6 N–H and O–H groups in total. The number of aliphatic hydroxyl groups excluding tert-OH is 2. The van der Waals surface area contributed by atoms with E-state index in [2.05, 4.69) is 25.9 Å². The van der Waals surface area contributed by atoms with Gasteiger partial charge in [0.05, 0.1) is 47.7 Å². The predicted octanol–water partition coefficient (Wildman–Crippen LogP) is 4.34. The lowest BCUT2D eigenvalue weighted by Crippen LogP contribution is -2.33. The second kappa shape index (κ2) is 15.1. The summed E-state index contributed by atoms with van der Waals surface area (Å²) in [5.41, 5.74) is 3.05. The third-order valence-electron chi connectivity index (χ3n) is 6.54. The molecule has 0 radical (unpaired) electrons. The van der Waals surface area contributed by atoms with Crippen molar-refractivity contribution >= 4 is 17.3 Å². The summed E-state index contributed by atoms with van der Waals surface area (Å²) >= 11 is 0. The number of aryl methyl sites for hydroxylation is 1. The van der Waals surface area contributed by atoms with Crippen molar-refractivity contribution in [3.8, 4) is 22.9 Å². The number of nitrogens with one attached hydrogen (secondary N) is 4. The van der Waals surface area contributed by atoms with E-state index in [1.165, 1.54) is 18.2 Å². The highest BCUT2D eigenvalue weighted by Crippen LogP contribution is 2.28. The van der Waals surface area contributed by atoms with Crippen molar-refractivity contribution in [2.24, 2.45) is 0 Å². The van der Waals surface area contributed by atoms with E-state index < -0.39 is 11.9 Å². The van der Waals surface area contributed by atoms with E-state index in [9.17, 15) is 18.7 Å². The van der Waals surface area contributed by atoms with E-state index in [0.29, 0.717) is 54.4 Å². The molecule has 228 valence electrons. The van der Waals surface area contributed by atoms with Gasteiger partial charge >= 0.3 is 0 Å². The third-order valence-corrected chi connectivity index (χ3v) is 6.54. The maximum atomic E-state index is 14.7. The van der Waals surface area contributed by atoms with E-state index in [1.54, 1.807) is 48.8 Å². The largest absolute Gasteiger partial charge is 0.457 e. The summed E-state index contributed by atoms with van der Waals surface area (Å²) in [7, 11) is 1.84. The van der Waals surface area contributed by atoms with Gasteiger partial charge in [-0.2, -0.15) is 0 Å². The molecule has 10 nitrogen and oxygen atoms in total. The van der Waals surface area contributed by atoms with Crippen LogP contribution in [0.3, 0.4) is 0 Å². The van der Waals surface area contributed by atoms with E-state index in [-0.39, 0.29) is 36.4 Å². The molecule has 0 saturated carbocycles. The van der Waals surface area contributed by atoms with Crippen molar-refractivity contribution in [2.45, 2.75) is 19.4 Å². The van der Waals surface area contributed by atoms with Gasteiger partial charge in [-0.3, -0.25) is 9.78 Å². The second-order valence-electron chi connectivity index (χ2n) is 10.1. The summed E-state index contributed by atoms with van der Waals surface area (Å²) in [6, 6.07) is 14.1. The fourth-order valence-corrected chi connectivity index (χ4v) is 4.31. The minimum Gasteiger partial charge on any atom is -0.457 e. The Labute approximate surface area is 248 Å². The zero-order chi connectivity index (χ0) is 30.8. The molecule has 4 aromatic rings. The van der Waals surface area contributed by atoms with Crippen molar-refractivity contribution in [3.63, 3.8) is 0 Å². The number of likely N-dealkylation sites (N-methyl/N-ethyl adjacent to an activating group) is 1. The Kier molecular flexibility index (Phi) is 11.0. The van der Waals surface area contributed by atoms with Crippen molar-refractivity contribution < 1.29 is 28.5 Å². The van der Waals surface area contributed by atoms with Gasteiger partial charge in [0.2, 0.25) is 0 Å². The number of amides is 1. The third kappa shape index (κ3) is 9.23. The van der Waals surface area contributed by atoms with Gasteiger partial charge in [-0.15, -0.1) is 0 Å². The first-order valence-electron chi connectivity index (χ1n) is 13.8. The molecule has 2 heterocycles. The van der Waals surface area contributed by atoms with Crippen LogP contribution in [0.4, 0.5) is 20.2 Å². The summed E-state index contributed by atoms with van der Waals surface area (Å²) in [6.45, 7) is 3.15. The fraction of sp³-hybridized carbons (Fsp3) is 0.290. The van der Waals surface area contributed by atoms with Gasteiger partial charge in [0.15, 0.2) is 0 Å². The highest BCUT2D eigenvalue weighted by molar-refractivity contribution is 5.95. The van der Waals surface area contributed by atoms with Crippen LogP contribution in [0.15, 0.2) is 67.0 Å². The molecule has 2 aromatic carbocycles. The van der Waals surface area contributed by atoms with Crippen LogP contribution in [0.25, 0.3) is 11.4 Å². The van der Waals surface area contributed by atoms with Crippen molar-refractivity contribution in [1.82, 2.24) is 20.2 Å². The SMILES string of the molecule is Cc1ccc(F)c(NCNc2ccc(Oc3ccnc(-c4cc(C(=O)NCCCN(C)CC(O)CO)c[nH]4)c3)cc2F)c1. The first-order valence-corrected chi connectivity index (χ1v) is 13.8. The van der Waals surface area contributed by atoms with Crippen LogP contribution in [-0.2, 0) is 0 Å². The lowest BCUT2D eigenvalue weighted by molar-refractivity contribution is 0.0662. The molecule has 0 fully saturated rings. The molecule has 43 heavy (non-hydrogen) atoms. The monoisotopic (exact) mass is 594 g/mol. The van der Waals surface area contributed by atoms with Gasteiger partial charge in [-0.05, 0) is 68.9 Å². The lowest BCUT2D eigenvalue weighted by atomic mass is 10.2. The summed E-state index contributed by atoms with van der Waals surface area (Å²) in [4.78, 5) is 21.8. The zero-order valence-corrected chi connectivity index (χ0v) is 24.0. The Morgan fingerprint density at radius 3 is 2.63 bits per heavy atom.